The molecule has 2 heterocycles. The molecule has 8 nitrogen and oxygen atoms in total. The van der Waals surface area contributed by atoms with Gasteiger partial charge in [0, 0.05) is 44.9 Å². The molecule has 0 atom stereocenters. The molecular formula is C25H26N6O2. The van der Waals surface area contributed by atoms with Crippen molar-refractivity contribution in [3.8, 4) is 6.07 Å². The fourth-order valence-electron chi connectivity index (χ4n) is 4.10. The summed E-state index contributed by atoms with van der Waals surface area (Å²) in [7, 11) is 3.64. The second kappa shape index (κ2) is 9.57. The molecule has 2 aromatic carbocycles. The maximum atomic E-state index is 13.3. The number of amides is 2. The number of benzene rings is 2. The van der Waals surface area contributed by atoms with Crippen LogP contribution in [0.25, 0.3) is 0 Å². The summed E-state index contributed by atoms with van der Waals surface area (Å²) >= 11 is 0. The zero-order chi connectivity index (χ0) is 23.4. The van der Waals surface area contributed by atoms with E-state index < -0.39 is 0 Å². The lowest BCUT2D eigenvalue weighted by molar-refractivity contribution is 0.0570. The van der Waals surface area contributed by atoms with Gasteiger partial charge < -0.3 is 15.1 Å². The Labute approximate surface area is 193 Å². The Balaban J connectivity index is 1.40. The number of hydrogen-bond donors (Lipinski definition) is 1. The lowest BCUT2D eigenvalue weighted by atomic mass is 10.0. The van der Waals surface area contributed by atoms with Crippen molar-refractivity contribution in [3.05, 3.63) is 77.5 Å². The molecule has 0 saturated carbocycles. The SMILES string of the molecule is CN(C(=O)c1ccc(C#N)cc1)C1CCN(C(=O)c2ccccc2Nc2ccnn2C)CC1. The van der Waals surface area contributed by atoms with Crippen LogP contribution in [-0.4, -0.2) is 57.6 Å². The van der Waals surface area contributed by atoms with Crippen molar-refractivity contribution in [1.29, 1.82) is 5.26 Å². The number of rotatable bonds is 5. The quantitative estimate of drug-likeness (QED) is 0.653. The zero-order valence-corrected chi connectivity index (χ0v) is 18.7. The maximum absolute atomic E-state index is 13.3. The van der Waals surface area contributed by atoms with Gasteiger partial charge in [0.25, 0.3) is 11.8 Å². The molecule has 1 saturated heterocycles. The van der Waals surface area contributed by atoms with Crippen molar-refractivity contribution in [1.82, 2.24) is 19.6 Å². The molecule has 1 N–H and O–H groups in total. The van der Waals surface area contributed by atoms with Gasteiger partial charge in [0.1, 0.15) is 5.82 Å². The van der Waals surface area contributed by atoms with Crippen LogP contribution < -0.4 is 5.32 Å². The highest BCUT2D eigenvalue weighted by Crippen LogP contribution is 2.24. The number of carbonyl (C=O) groups excluding carboxylic acids is 2. The van der Waals surface area contributed by atoms with E-state index in [-0.39, 0.29) is 17.9 Å². The molecule has 1 fully saturated rings. The first kappa shape index (κ1) is 22.1. The molecule has 4 rings (SSSR count). The summed E-state index contributed by atoms with van der Waals surface area (Å²) in [6, 6.07) is 18.1. The molecular weight excluding hydrogens is 416 g/mol. The van der Waals surface area contributed by atoms with Crippen LogP contribution in [0, 0.1) is 11.3 Å². The Hall–Kier alpha value is -4.12. The Morgan fingerprint density at radius 2 is 1.79 bits per heavy atom. The van der Waals surface area contributed by atoms with Gasteiger partial charge in [0.05, 0.1) is 29.1 Å². The Morgan fingerprint density at radius 1 is 1.09 bits per heavy atom. The number of aryl methyl sites for hydroxylation is 1. The minimum absolute atomic E-state index is 0.0280. The monoisotopic (exact) mass is 442 g/mol. The van der Waals surface area contributed by atoms with Crippen LogP contribution in [0.15, 0.2) is 60.8 Å². The average molecular weight is 443 g/mol. The third kappa shape index (κ3) is 4.72. The Kier molecular flexibility index (Phi) is 6.41. The summed E-state index contributed by atoms with van der Waals surface area (Å²) in [5, 5.41) is 16.4. The minimum atomic E-state index is -0.0741. The molecule has 1 aromatic heterocycles. The predicted octanol–water partition coefficient (Wildman–Crippen LogP) is 3.41. The summed E-state index contributed by atoms with van der Waals surface area (Å²) in [5.41, 5.74) is 2.44. The normalized spacial score (nSPS) is 13.9. The highest BCUT2D eigenvalue weighted by Gasteiger charge is 2.29. The number of para-hydroxylation sites is 1. The molecule has 168 valence electrons. The molecule has 3 aromatic rings. The average Bonchev–Trinajstić information content (AvgIpc) is 3.27. The number of carbonyl (C=O) groups is 2. The van der Waals surface area contributed by atoms with Gasteiger partial charge in [-0.1, -0.05) is 12.1 Å². The van der Waals surface area contributed by atoms with Crippen LogP contribution in [0.4, 0.5) is 11.5 Å². The summed E-state index contributed by atoms with van der Waals surface area (Å²) in [4.78, 5) is 29.7. The van der Waals surface area contributed by atoms with E-state index in [2.05, 4.69) is 16.5 Å². The first-order valence-corrected chi connectivity index (χ1v) is 10.9. The number of nitrogens with zero attached hydrogens (tertiary/aromatic N) is 5. The highest BCUT2D eigenvalue weighted by atomic mass is 16.2. The summed E-state index contributed by atoms with van der Waals surface area (Å²) in [6.07, 6.45) is 3.12. The molecule has 33 heavy (non-hydrogen) atoms. The zero-order valence-electron chi connectivity index (χ0n) is 18.7. The van der Waals surface area contributed by atoms with E-state index in [9.17, 15) is 9.59 Å². The number of likely N-dealkylation sites (tertiary alicyclic amines) is 1. The fraction of sp³-hybridized carbons (Fsp3) is 0.280. The number of hydrogen-bond acceptors (Lipinski definition) is 5. The smallest absolute Gasteiger partial charge is 0.255 e. The van der Waals surface area contributed by atoms with Crippen molar-refractivity contribution in [2.75, 3.05) is 25.5 Å². The van der Waals surface area contributed by atoms with E-state index in [0.29, 0.717) is 42.6 Å². The highest BCUT2D eigenvalue weighted by molar-refractivity contribution is 6.00. The van der Waals surface area contributed by atoms with Crippen molar-refractivity contribution in [3.63, 3.8) is 0 Å². The lowest BCUT2D eigenvalue weighted by Crippen LogP contribution is -2.47. The number of nitriles is 1. The number of aromatic nitrogens is 2. The van der Waals surface area contributed by atoms with E-state index in [1.807, 2.05) is 42.3 Å². The van der Waals surface area contributed by atoms with Gasteiger partial charge in [0.2, 0.25) is 0 Å². The van der Waals surface area contributed by atoms with E-state index in [0.717, 1.165) is 11.5 Å². The van der Waals surface area contributed by atoms with Crippen LogP contribution in [0.1, 0.15) is 39.1 Å². The van der Waals surface area contributed by atoms with E-state index >= 15 is 0 Å². The van der Waals surface area contributed by atoms with Crippen LogP contribution in [0.5, 0.6) is 0 Å². The Morgan fingerprint density at radius 3 is 2.42 bits per heavy atom. The molecule has 0 unspecified atom stereocenters. The third-order valence-corrected chi connectivity index (χ3v) is 6.12. The van der Waals surface area contributed by atoms with Gasteiger partial charge in [-0.15, -0.1) is 0 Å². The van der Waals surface area contributed by atoms with Crippen molar-refractivity contribution >= 4 is 23.3 Å². The van der Waals surface area contributed by atoms with Crippen LogP contribution in [0.3, 0.4) is 0 Å². The molecule has 2 amide bonds. The van der Waals surface area contributed by atoms with Crippen molar-refractivity contribution < 1.29 is 9.59 Å². The van der Waals surface area contributed by atoms with Crippen molar-refractivity contribution in [2.24, 2.45) is 7.05 Å². The van der Waals surface area contributed by atoms with Crippen LogP contribution in [-0.2, 0) is 7.05 Å². The molecule has 0 radical (unpaired) electrons. The summed E-state index contributed by atoms with van der Waals surface area (Å²) in [5.74, 6) is 0.701. The van der Waals surface area contributed by atoms with Crippen molar-refractivity contribution in [2.45, 2.75) is 18.9 Å². The maximum Gasteiger partial charge on any atom is 0.255 e. The van der Waals surface area contributed by atoms with Gasteiger partial charge >= 0.3 is 0 Å². The van der Waals surface area contributed by atoms with Gasteiger partial charge in [0.15, 0.2) is 0 Å². The summed E-state index contributed by atoms with van der Waals surface area (Å²) in [6.45, 7) is 1.16. The minimum Gasteiger partial charge on any atom is -0.340 e. The van der Waals surface area contributed by atoms with Gasteiger partial charge in [-0.3, -0.25) is 14.3 Å². The molecule has 0 bridgehead atoms. The molecule has 1 aliphatic rings. The molecule has 0 aliphatic carbocycles. The lowest BCUT2D eigenvalue weighted by Gasteiger charge is -2.37. The largest absolute Gasteiger partial charge is 0.340 e. The number of anilines is 2. The standard InChI is InChI=1S/C25H26N6O2/c1-29(24(32)19-9-7-18(17-26)8-10-19)20-12-15-31(16-13-20)25(33)21-5-3-4-6-22(21)28-23-11-14-27-30(23)2/h3-11,14,20,28H,12-13,15-16H2,1-2H3. The van der Waals surface area contributed by atoms with Crippen LogP contribution in [0.2, 0.25) is 0 Å². The number of nitrogens with one attached hydrogen (secondary N) is 1. The van der Waals surface area contributed by atoms with Crippen LogP contribution >= 0.6 is 0 Å². The third-order valence-electron chi connectivity index (χ3n) is 6.12. The molecule has 1 aliphatic heterocycles. The first-order valence-electron chi connectivity index (χ1n) is 10.9. The topological polar surface area (TPSA) is 94.3 Å². The van der Waals surface area contributed by atoms with Gasteiger partial charge in [-0.05, 0) is 49.2 Å². The second-order valence-corrected chi connectivity index (χ2v) is 8.14. The molecule has 0 spiro atoms. The van der Waals surface area contributed by atoms with Gasteiger partial charge in [-0.2, -0.15) is 10.4 Å². The van der Waals surface area contributed by atoms with E-state index in [1.165, 1.54) is 0 Å². The second-order valence-electron chi connectivity index (χ2n) is 8.14. The summed E-state index contributed by atoms with van der Waals surface area (Å²) < 4.78 is 1.72. The van der Waals surface area contributed by atoms with E-state index in [1.54, 1.807) is 47.1 Å². The number of piperidine rings is 1. The predicted molar refractivity (Wildman–Crippen MR) is 125 cm³/mol. The van der Waals surface area contributed by atoms with Gasteiger partial charge in [-0.25, -0.2) is 0 Å². The first-order chi connectivity index (χ1) is 16.0. The molecule has 8 heteroatoms. The fourth-order valence-corrected chi connectivity index (χ4v) is 4.10. The van der Waals surface area contributed by atoms with E-state index in [4.69, 9.17) is 5.26 Å². The Bertz CT molecular complexity index is 1190.